The molecular weight excluding hydrogens is 398 g/mol. The molecule has 0 saturated carbocycles. The molecule has 0 bridgehead atoms. The summed E-state index contributed by atoms with van der Waals surface area (Å²) in [5.74, 6) is 0.416. The van der Waals surface area contributed by atoms with Gasteiger partial charge in [-0.25, -0.2) is 4.98 Å². The van der Waals surface area contributed by atoms with Gasteiger partial charge in [0.2, 0.25) is 11.8 Å². The van der Waals surface area contributed by atoms with Gasteiger partial charge >= 0.3 is 0 Å². The van der Waals surface area contributed by atoms with Crippen LogP contribution in [0.2, 0.25) is 0 Å². The first-order valence-electron chi connectivity index (χ1n) is 10.5. The van der Waals surface area contributed by atoms with Crippen molar-refractivity contribution in [3.8, 4) is 5.69 Å². The quantitative estimate of drug-likeness (QED) is 0.684. The Hall–Kier alpha value is -2.32. The fourth-order valence-corrected chi connectivity index (χ4v) is 5.03. The fourth-order valence-electron chi connectivity index (χ4n) is 4.18. The molecule has 0 radical (unpaired) electrons. The second-order valence-corrected chi connectivity index (χ2v) is 8.97. The number of amides is 2. The Morgan fingerprint density at radius 2 is 1.90 bits per heavy atom. The SMILES string of the molecule is Cc1ccccc1-n1ccnc1SCC(=O)N1CCCC1C(=O)N1CCN(C)CC1. The van der Waals surface area contributed by atoms with Crippen LogP contribution in [0.5, 0.6) is 0 Å². The van der Waals surface area contributed by atoms with Crippen LogP contribution in [-0.2, 0) is 9.59 Å². The summed E-state index contributed by atoms with van der Waals surface area (Å²) in [6.07, 6.45) is 5.33. The van der Waals surface area contributed by atoms with E-state index in [4.69, 9.17) is 0 Å². The van der Waals surface area contributed by atoms with Crippen LogP contribution in [0.15, 0.2) is 41.8 Å². The summed E-state index contributed by atoms with van der Waals surface area (Å²) in [6, 6.07) is 7.82. The van der Waals surface area contributed by atoms with E-state index in [9.17, 15) is 9.59 Å². The highest BCUT2D eigenvalue weighted by atomic mass is 32.2. The van der Waals surface area contributed by atoms with E-state index in [0.717, 1.165) is 55.4 Å². The Morgan fingerprint density at radius 3 is 2.67 bits per heavy atom. The molecule has 1 atom stereocenters. The van der Waals surface area contributed by atoms with Gasteiger partial charge in [0, 0.05) is 45.1 Å². The summed E-state index contributed by atoms with van der Waals surface area (Å²) in [4.78, 5) is 36.4. The molecular formula is C22H29N5O2S. The standard InChI is InChI=1S/C22H29N5O2S/c1-17-6-3-4-7-18(17)27-11-9-23-22(27)30-16-20(28)26-10-5-8-19(26)21(29)25-14-12-24(2)13-15-25/h3-4,6-7,9,11,19H,5,8,10,12-16H2,1-2H3. The fraction of sp³-hybridized carbons (Fsp3) is 0.500. The Labute approximate surface area is 182 Å². The number of carbonyl (C=O) groups excluding carboxylic acids is 2. The largest absolute Gasteiger partial charge is 0.338 e. The number of imidazole rings is 1. The molecule has 30 heavy (non-hydrogen) atoms. The maximum atomic E-state index is 13.0. The van der Waals surface area contributed by atoms with Crippen molar-refractivity contribution in [2.24, 2.45) is 0 Å². The zero-order chi connectivity index (χ0) is 21.1. The van der Waals surface area contributed by atoms with Gasteiger partial charge in [0.15, 0.2) is 5.16 Å². The van der Waals surface area contributed by atoms with Gasteiger partial charge in [0.05, 0.1) is 11.4 Å². The van der Waals surface area contributed by atoms with Crippen LogP contribution >= 0.6 is 11.8 Å². The lowest BCUT2D eigenvalue weighted by atomic mass is 10.1. The minimum atomic E-state index is -0.308. The summed E-state index contributed by atoms with van der Waals surface area (Å²) in [5.41, 5.74) is 2.22. The van der Waals surface area contributed by atoms with Crippen LogP contribution in [0.25, 0.3) is 5.69 Å². The van der Waals surface area contributed by atoms with Crippen molar-refractivity contribution in [3.05, 3.63) is 42.2 Å². The van der Waals surface area contributed by atoms with Crippen molar-refractivity contribution >= 4 is 23.6 Å². The smallest absolute Gasteiger partial charge is 0.245 e. The number of likely N-dealkylation sites (N-methyl/N-ethyl adjacent to an activating group) is 1. The monoisotopic (exact) mass is 427 g/mol. The van der Waals surface area contributed by atoms with Crippen LogP contribution in [-0.4, -0.2) is 87.6 Å². The normalized spacial score (nSPS) is 20.0. The summed E-state index contributed by atoms with van der Waals surface area (Å²) in [7, 11) is 2.07. The number of likely N-dealkylation sites (tertiary alicyclic amines) is 1. The molecule has 2 fully saturated rings. The third kappa shape index (κ3) is 4.39. The van der Waals surface area contributed by atoms with Crippen LogP contribution in [0.4, 0.5) is 0 Å². The number of thioether (sulfide) groups is 1. The highest BCUT2D eigenvalue weighted by molar-refractivity contribution is 7.99. The average Bonchev–Trinajstić information content (AvgIpc) is 3.42. The number of hydrogen-bond donors (Lipinski definition) is 0. The van der Waals surface area contributed by atoms with Gasteiger partial charge in [-0.05, 0) is 38.4 Å². The Balaban J connectivity index is 1.39. The number of para-hydroxylation sites is 1. The second kappa shape index (κ2) is 9.22. The highest BCUT2D eigenvalue weighted by Gasteiger charge is 2.37. The number of nitrogens with zero attached hydrogens (tertiary/aromatic N) is 5. The van der Waals surface area contributed by atoms with Gasteiger partial charge in [-0.3, -0.25) is 14.2 Å². The van der Waals surface area contributed by atoms with Crippen LogP contribution in [0, 0.1) is 6.92 Å². The van der Waals surface area contributed by atoms with Crippen molar-refractivity contribution in [2.75, 3.05) is 45.5 Å². The molecule has 2 aliphatic heterocycles. The maximum absolute atomic E-state index is 13.0. The molecule has 2 aromatic rings. The van der Waals surface area contributed by atoms with Crippen molar-refractivity contribution in [2.45, 2.75) is 31.0 Å². The van der Waals surface area contributed by atoms with Crippen molar-refractivity contribution in [1.29, 1.82) is 0 Å². The zero-order valence-corrected chi connectivity index (χ0v) is 18.5. The molecule has 8 heteroatoms. The number of piperazine rings is 1. The lowest BCUT2D eigenvalue weighted by Gasteiger charge is -2.35. The predicted molar refractivity (Wildman–Crippen MR) is 118 cm³/mol. The van der Waals surface area contributed by atoms with E-state index in [-0.39, 0.29) is 23.6 Å². The van der Waals surface area contributed by atoms with Crippen molar-refractivity contribution in [3.63, 3.8) is 0 Å². The maximum Gasteiger partial charge on any atom is 0.245 e. The first-order chi connectivity index (χ1) is 14.5. The van der Waals surface area contributed by atoms with Gasteiger partial charge in [-0.15, -0.1) is 0 Å². The highest BCUT2D eigenvalue weighted by Crippen LogP contribution is 2.25. The molecule has 1 unspecified atom stereocenters. The summed E-state index contributed by atoms with van der Waals surface area (Å²) in [5, 5.41) is 0.791. The minimum absolute atomic E-state index is 0.0179. The molecule has 2 amide bonds. The topological polar surface area (TPSA) is 61.7 Å². The lowest BCUT2D eigenvalue weighted by Crippen LogP contribution is -2.53. The summed E-state index contributed by atoms with van der Waals surface area (Å²) in [6.45, 7) is 6.00. The molecule has 0 aliphatic carbocycles. The van der Waals surface area contributed by atoms with Crippen LogP contribution in [0.3, 0.4) is 0 Å². The number of carbonyl (C=O) groups is 2. The van der Waals surface area contributed by atoms with Crippen molar-refractivity contribution < 1.29 is 9.59 Å². The Morgan fingerprint density at radius 1 is 1.13 bits per heavy atom. The molecule has 1 aromatic heterocycles. The van der Waals surface area contributed by atoms with Gasteiger partial charge in [-0.1, -0.05) is 30.0 Å². The molecule has 7 nitrogen and oxygen atoms in total. The second-order valence-electron chi connectivity index (χ2n) is 8.03. The van der Waals surface area contributed by atoms with Crippen LogP contribution < -0.4 is 0 Å². The lowest BCUT2D eigenvalue weighted by molar-refractivity contribution is -0.143. The summed E-state index contributed by atoms with van der Waals surface area (Å²) >= 11 is 1.43. The molecule has 160 valence electrons. The van der Waals surface area contributed by atoms with E-state index in [2.05, 4.69) is 29.9 Å². The molecule has 1 aromatic carbocycles. The van der Waals surface area contributed by atoms with Gasteiger partial charge < -0.3 is 14.7 Å². The minimum Gasteiger partial charge on any atom is -0.338 e. The van der Waals surface area contributed by atoms with E-state index in [1.165, 1.54) is 11.8 Å². The van der Waals surface area contributed by atoms with Gasteiger partial charge in [0.1, 0.15) is 6.04 Å². The number of rotatable bonds is 5. The average molecular weight is 428 g/mol. The summed E-state index contributed by atoms with van der Waals surface area (Å²) < 4.78 is 2.02. The zero-order valence-electron chi connectivity index (χ0n) is 17.7. The van der Waals surface area contributed by atoms with Crippen LogP contribution in [0.1, 0.15) is 18.4 Å². The number of benzene rings is 1. The molecule has 4 rings (SSSR count). The van der Waals surface area contributed by atoms with Gasteiger partial charge in [0.25, 0.3) is 0 Å². The van der Waals surface area contributed by atoms with Gasteiger partial charge in [-0.2, -0.15) is 0 Å². The van der Waals surface area contributed by atoms with E-state index >= 15 is 0 Å². The third-order valence-electron chi connectivity index (χ3n) is 5.98. The van der Waals surface area contributed by atoms with Crippen molar-refractivity contribution in [1.82, 2.24) is 24.3 Å². The van der Waals surface area contributed by atoms with E-state index < -0.39 is 0 Å². The first kappa shape index (κ1) is 20.9. The third-order valence-corrected chi connectivity index (χ3v) is 6.93. The molecule has 3 heterocycles. The molecule has 2 saturated heterocycles. The van der Waals surface area contributed by atoms with E-state index in [1.807, 2.05) is 33.9 Å². The predicted octanol–water partition coefficient (Wildman–Crippen LogP) is 2.04. The first-order valence-corrected chi connectivity index (χ1v) is 11.5. The Bertz CT molecular complexity index is 906. The number of hydrogen-bond acceptors (Lipinski definition) is 5. The number of aromatic nitrogens is 2. The number of aryl methyl sites for hydroxylation is 1. The van der Waals surface area contributed by atoms with E-state index in [0.29, 0.717) is 6.54 Å². The van der Waals surface area contributed by atoms with E-state index in [1.54, 1.807) is 11.1 Å². The molecule has 0 spiro atoms. The molecule has 2 aliphatic rings. The Kier molecular flexibility index (Phi) is 6.43. The molecule has 0 N–H and O–H groups in total.